The van der Waals surface area contributed by atoms with Gasteiger partial charge < -0.3 is 9.84 Å². The maximum absolute atomic E-state index is 10.4. The van der Waals surface area contributed by atoms with Crippen molar-refractivity contribution >= 4 is 5.97 Å². The van der Waals surface area contributed by atoms with E-state index >= 15 is 0 Å². The first kappa shape index (κ1) is 13.6. The number of aliphatic carboxylic acids is 1. The van der Waals surface area contributed by atoms with Crippen LogP contribution in [0.4, 0.5) is 0 Å². The molecule has 0 unspecified atom stereocenters. The second-order valence-electron chi connectivity index (χ2n) is 4.09. The monoisotopic (exact) mass is 236 g/mol. The number of allylic oxidation sites excluding steroid dienone is 5. The molecule has 0 aromatic heterocycles. The van der Waals surface area contributed by atoms with Gasteiger partial charge in [-0.2, -0.15) is 0 Å². The summed E-state index contributed by atoms with van der Waals surface area (Å²) in [6.45, 7) is 0. The number of hydrogen-bond donors (Lipinski definition) is 1. The molecule has 94 valence electrons. The third-order valence-electron chi connectivity index (χ3n) is 2.73. The average Bonchev–Trinajstić information content (AvgIpc) is 2.53. The Balaban J connectivity index is 2.35. The number of ether oxygens (including phenoxy) is 1. The highest BCUT2D eigenvalue weighted by Crippen LogP contribution is 2.19. The molecule has 0 bridgehead atoms. The number of carbonyl (C=O) groups is 1. The van der Waals surface area contributed by atoms with E-state index in [1.54, 1.807) is 7.11 Å². The van der Waals surface area contributed by atoms with Crippen molar-refractivity contribution in [2.45, 2.75) is 38.5 Å². The van der Waals surface area contributed by atoms with Gasteiger partial charge in [-0.25, -0.2) is 0 Å². The van der Waals surface area contributed by atoms with Crippen molar-refractivity contribution in [1.29, 1.82) is 0 Å². The van der Waals surface area contributed by atoms with E-state index < -0.39 is 5.97 Å². The molecule has 1 aliphatic rings. The zero-order valence-electron chi connectivity index (χ0n) is 10.3. The Hall–Kier alpha value is -1.51. The lowest BCUT2D eigenvalue weighted by atomic mass is 10.0. The van der Waals surface area contributed by atoms with Crippen LogP contribution in [0.15, 0.2) is 35.6 Å². The zero-order chi connectivity index (χ0) is 12.5. The van der Waals surface area contributed by atoms with E-state index in [0.717, 1.165) is 37.9 Å². The van der Waals surface area contributed by atoms with Crippen LogP contribution < -0.4 is 0 Å². The van der Waals surface area contributed by atoms with Crippen molar-refractivity contribution < 1.29 is 14.6 Å². The van der Waals surface area contributed by atoms with Gasteiger partial charge in [0.25, 0.3) is 0 Å². The molecule has 1 rings (SSSR count). The first-order chi connectivity index (χ1) is 8.24. The fourth-order valence-electron chi connectivity index (χ4n) is 1.83. The predicted molar refractivity (Wildman–Crippen MR) is 67.7 cm³/mol. The molecule has 3 heteroatoms. The van der Waals surface area contributed by atoms with E-state index in [2.05, 4.69) is 18.2 Å². The molecule has 0 heterocycles. The number of unbranched alkanes of at least 4 members (excludes halogenated alkanes) is 2. The van der Waals surface area contributed by atoms with Crippen LogP contribution >= 0.6 is 0 Å². The quantitative estimate of drug-likeness (QED) is 0.689. The number of carboxylic acid groups (broad SMARTS) is 1. The molecule has 0 spiro atoms. The Morgan fingerprint density at radius 2 is 2.06 bits per heavy atom. The lowest BCUT2D eigenvalue weighted by Gasteiger charge is -2.07. The lowest BCUT2D eigenvalue weighted by molar-refractivity contribution is -0.137. The van der Waals surface area contributed by atoms with Gasteiger partial charge in [0, 0.05) is 6.42 Å². The Bertz CT molecular complexity index is 337. The minimum absolute atomic E-state index is 0.270. The van der Waals surface area contributed by atoms with Crippen molar-refractivity contribution in [3.05, 3.63) is 35.6 Å². The van der Waals surface area contributed by atoms with Crippen LogP contribution in [0.25, 0.3) is 0 Å². The topological polar surface area (TPSA) is 46.5 Å². The second kappa shape index (κ2) is 7.71. The summed E-state index contributed by atoms with van der Waals surface area (Å²) in [6.07, 6.45) is 13.2. The summed E-state index contributed by atoms with van der Waals surface area (Å²) >= 11 is 0. The smallest absolute Gasteiger partial charge is 0.303 e. The van der Waals surface area contributed by atoms with Crippen LogP contribution in [-0.4, -0.2) is 18.2 Å². The number of rotatable bonds is 7. The fraction of sp³-hybridized carbons (Fsp3) is 0.500. The Kier molecular flexibility index (Phi) is 6.15. The van der Waals surface area contributed by atoms with Gasteiger partial charge in [-0.15, -0.1) is 0 Å². The highest BCUT2D eigenvalue weighted by molar-refractivity contribution is 5.66. The second-order valence-corrected chi connectivity index (χ2v) is 4.09. The SMILES string of the molecule is COC1=C(CCCCCC(=O)O)C=CCC=C1. The molecule has 0 aromatic carbocycles. The van der Waals surface area contributed by atoms with Gasteiger partial charge in [0.05, 0.1) is 7.11 Å². The molecule has 3 nitrogen and oxygen atoms in total. The molecule has 0 fully saturated rings. The number of methoxy groups -OCH3 is 1. The summed E-state index contributed by atoms with van der Waals surface area (Å²) in [5.41, 5.74) is 1.21. The van der Waals surface area contributed by atoms with Gasteiger partial charge in [-0.1, -0.05) is 24.6 Å². The molecule has 1 aliphatic carbocycles. The van der Waals surface area contributed by atoms with Crippen LogP contribution in [0.1, 0.15) is 38.5 Å². The van der Waals surface area contributed by atoms with E-state index in [4.69, 9.17) is 9.84 Å². The minimum Gasteiger partial charge on any atom is -0.496 e. The minimum atomic E-state index is -0.709. The highest BCUT2D eigenvalue weighted by Gasteiger charge is 2.04. The van der Waals surface area contributed by atoms with Crippen LogP contribution in [0, 0.1) is 0 Å². The maximum atomic E-state index is 10.4. The first-order valence-electron chi connectivity index (χ1n) is 6.06. The average molecular weight is 236 g/mol. The van der Waals surface area contributed by atoms with Crippen LogP contribution in [0.3, 0.4) is 0 Å². The first-order valence-corrected chi connectivity index (χ1v) is 6.06. The molecule has 0 aromatic rings. The third-order valence-corrected chi connectivity index (χ3v) is 2.73. The molecule has 17 heavy (non-hydrogen) atoms. The predicted octanol–water partition coefficient (Wildman–Crippen LogP) is 3.44. The van der Waals surface area contributed by atoms with E-state index in [1.165, 1.54) is 5.57 Å². The van der Waals surface area contributed by atoms with Crippen LogP contribution in [-0.2, 0) is 9.53 Å². The number of hydrogen-bond acceptors (Lipinski definition) is 2. The van der Waals surface area contributed by atoms with Crippen molar-refractivity contribution in [1.82, 2.24) is 0 Å². The zero-order valence-corrected chi connectivity index (χ0v) is 10.3. The Morgan fingerprint density at radius 3 is 2.76 bits per heavy atom. The molecule has 0 saturated carbocycles. The van der Waals surface area contributed by atoms with Gasteiger partial charge in [-0.3, -0.25) is 4.79 Å². The van der Waals surface area contributed by atoms with E-state index in [9.17, 15) is 4.79 Å². The summed E-state index contributed by atoms with van der Waals surface area (Å²) in [6, 6.07) is 0. The van der Waals surface area contributed by atoms with Crippen molar-refractivity contribution in [3.8, 4) is 0 Å². The summed E-state index contributed by atoms with van der Waals surface area (Å²) in [5, 5.41) is 8.53. The van der Waals surface area contributed by atoms with Crippen molar-refractivity contribution in [2.75, 3.05) is 7.11 Å². The molecular formula is C14H20O3. The van der Waals surface area contributed by atoms with Gasteiger partial charge in [0.2, 0.25) is 0 Å². The molecule has 0 saturated heterocycles. The fourth-order valence-corrected chi connectivity index (χ4v) is 1.83. The van der Waals surface area contributed by atoms with Crippen molar-refractivity contribution in [2.24, 2.45) is 0 Å². The van der Waals surface area contributed by atoms with E-state index in [1.807, 2.05) is 6.08 Å². The summed E-state index contributed by atoms with van der Waals surface area (Å²) in [4.78, 5) is 10.4. The molecule has 0 aliphatic heterocycles. The van der Waals surface area contributed by atoms with E-state index in [-0.39, 0.29) is 6.42 Å². The summed E-state index contributed by atoms with van der Waals surface area (Å²) in [5.74, 6) is 0.219. The normalized spacial score (nSPS) is 14.9. The number of carboxylic acids is 1. The highest BCUT2D eigenvalue weighted by atomic mass is 16.5. The molecule has 0 radical (unpaired) electrons. The Morgan fingerprint density at radius 1 is 1.29 bits per heavy atom. The van der Waals surface area contributed by atoms with Gasteiger partial charge in [0.15, 0.2) is 0 Å². The van der Waals surface area contributed by atoms with Gasteiger partial charge >= 0.3 is 5.97 Å². The van der Waals surface area contributed by atoms with E-state index in [0.29, 0.717) is 0 Å². The summed E-state index contributed by atoms with van der Waals surface area (Å²) in [7, 11) is 1.68. The summed E-state index contributed by atoms with van der Waals surface area (Å²) < 4.78 is 5.33. The molecular weight excluding hydrogens is 216 g/mol. The van der Waals surface area contributed by atoms with Crippen LogP contribution in [0.2, 0.25) is 0 Å². The molecule has 0 atom stereocenters. The maximum Gasteiger partial charge on any atom is 0.303 e. The molecule has 1 N–H and O–H groups in total. The largest absolute Gasteiger partial charge is 0.496 e. The lowest BCUT2D eigenvalue weighted by Crippen LogP contribution is -1.94. The third kappa shape index (κ3) is 5.38. The Labute approximate surface area is 102 Å². The van der Waals surface area contributed by atoms with Crippen LogP contribution in [0.5, 0.6) is 0 Å². The van der Waals surface area contributed by atoms with Crippen molar-refractivity contribution in [3.63, 3.8) is 0 Å². The van der Waals surface area contributed by atoms with Gasteiger partial charge in [0.1, 0.15) is 5.76 Å². The standard InChI is InChI=1S/C14H20O3/c1-17-13-10-6-2-4-8-12(13)9-5-3-7-11-14(15)16/h4,6,8,10H,2-3,5,7,9,11H2,1H3,(H,15,16). The van der Waals surface area contributed by atoms with Gasteiger partial charge in [-0.05, 0) is 37.3 Å². The molecule has 0 amide bonds.